The molecule has 4 nitrogen and oxygen atoms in total. The van der Waals surface area contributed by atoms with Gasteiger partial charge < -0.3 is 0 Å². The smallest absolute Gasteiger partial charge is 0.195 e. The maximum absolute atomic E-state index is 5.17. The lowest BCUT2D eigenvalue weighted by Gasteiger charge is -2.22. The maximum Gasteiger partial charge on any atom is 0.195 e. The molecule has 0 aliphatic heterocycles. The third kappa shape index (κ3) is 4.00. The minimum Gasteiger partial charge on any atom is -0.286 e. The molecule has 4 aromatic carbocycles. The summed E-state index contributed by atoms with van der Waals surface area (Å²) in [4.78, 5) is 17.4. The molecule has 6 aromatic rings. The standard InChI is InChI=1S/C31H22N4S2/c1-5-13-22(14-6-1)34(23-15-7-2-8-16-23)30-32-28-26(36-30)21-27-29(28)33-31(37-27)35(24-17-9-3-10-18-24)25-19-11-4-12-20-25/h1-20H,21H2. The summed E-state index contributed by atoms with van der Waals surface area (Å²) >= 11 is 3.51. The van der Waals surface area contributed by atoms with Gasteiger partial charge >= 0.3 is 0 Å². The number of thiazole rings is 2. The Labute approximate surface area is 223 Å². The van der Waals surface area contributed by atoms with Crippen molar-refractivity contribution < 1.29 is 0 Å². The summed E-state index contributed by atoms with van der Waals surface area (Å²) in [5.41, 5.74) is 6.41. The Balaban J connectivity index is 1.30. The van der Waals surface area contributed by atoms with Crippen LogP contribution in [0.15, 0.2) is 121 Å². The zero-order valence-corrected chi connectivity index (χ0v) is 21.5. The average Bonchev–Trinajstić information content (AvgIpc) is 3.63. The topological polar surface area (TPSA) is 32.3 Å². The molecule has 0 saturated carbocycles. The normalized spacial score (nSPS) is 11.7. The van der Waals surface area contributed by atoms with Gasteiger partial charge in [-0.25, -0.2) is 9.97 Å². The van der Waals surface area contributed by atoms with Crippen LogP contribution >= 0.6 is 22.7 Å². The van der Waals surface area contributed by atoms with Gasteiger partial charge in [0.15, 0.2) is 10.3 Å². The van der Waals surface area contributed by atoms with Gasteiger partial charge in [0.25, 0.3) is 0 Å². The molecule has 0 N–H and O–H groups in total. The first-order chi connectivity index (χ1) is 18.3. The van der Waals surface area contributed by atoms with Gasteiger partial charge in [-0.05, 0) is 48.5 Å². The SMILES string of the molecule is c1ccc(N(c2ccccc2)c2nc3c(s2)Cc2sc(N(c4ccccc4)c4ccccc4)nc2-3)cc1. The second-order valence-electron chi connectivity index (χ2n) is 8.73. The van der Waals surface area contributed by atoms with Crippen LogP contribution in [0.1, 0.15) is 9.75 Å². The lowest BCUT2D eigenvalue weighted by atomic mass is 10.2. The minimum absolute atomic E-state index is 0.870. The molecule has 0 radical (unpaired) electrons. The Hall–Kier alpha value is -4.26. The Kier molecular flexibility index (Phi) is 5.53. The molecule has 6 heteroatoms. The van der Waals surface area contributed by atoms with Gasteiger partial charge in [0, 0.05) is 38.9 Å². The van der Waals surface area contributed by atoms with Crippen molar-refractivity contribution >= 4 is 55.7 Å². The Morgan fingerprint density at radius 2 is 0.730 bits per heavy atom. The molecule has 7 rings (SSSR count). The first kappa shape index (κ1) is 22.0. The van der Waals surface area contributed by atoms with E-state index in [0.29, 0.717) is 0 Å². The fourth-order valence-corrected chi connectivity index (χ4v) is 6.99. The van der Waals surface area contributed by atoms with E-state index in [1.54, 1.807) is 22.7 Å². The summed E-state index contributed by atoms with van der Waals surface area (Å²) in [5, 5.41) is 1.93. The molecule has 178 valence electrons. The molecule has 0 amide bonds. The molecule has 0 saturated heterocycles. The van der Waals surface area contributed by atoms with Crippen LogP contribution in [-0.4, -0.2) is 9.97 Å². The quantitative estimate of drug-likeness (QED) is 0.221. The molecule has 1 aliphatic rings. The summed E-state index contributed by atoms with van der Waals surface area (Å²) in [5.74, 6) is 0. The maximum atomic E-state index is 5.17. The molecule has 0 unspecified atom stereocenters. The van der Waals surface area contributed by atoms with Crippen molar-refractivity contribution in [3.63, 3.8) is 0 Å². The van der Waals surface area contributed by atoms with Gasteiger partial charge in [-0.3, -0.25) is 9.80 Å². The number of nitrogens with zero attached hydrogens (tertiary/aromatic N) is 4. The van der Waals surface area contributed by atoms with Crippen molar-refractivity contribution in [2.24, 2.45) is 0 Å². The van der Waals surface area contributed by atoms with Crippen molar-refractivity contribution in [2.45, 2.75) is 6.42 Å². The third-order valence-corrected chi connectivity index (χ3v) is 8.44. The number of hydrogen-bond donors (Lipinski definition) is 0. The lowest BCUT2D eigenvalue weighted by molar-refractivity contribution is 1.21. The van der Waals surface area contributed by atoms with E-state index in [4.69, 9.17) is 9.97 Å². The van der Waals surface area contributed by atoms with E-state index in [0.717, 1.165) is 50.8 Å². The molecular weight excluding hydrogens is 493 g/mol. The van der Waals surface area contributed by atoms with Crippen molar-refractivity contribution in [1.82, 2.24) is 9.97 Å². The Morgan fingerprint density at radius 1 is 0.432 bits per heavy atom. The van der Waals surface area contributed by atoms with E-state index in [9.17, 15) is 0 Å². The number of para-hydroxylation sites is 4. The van der Waals surface area contributed by atoms with Crippen molar-refractivity contribution in [2.75, 3.05) is 9.80 Å². The largest absolute Gasteiger partial charge is 0.286 e. The van der Waals surface area contributed by atoms with E-state index in [-0.39, 0.29) is 0 Å². The Bertz CT molecular complexity index is 1440. The molecule has 37 heavy (non-hydrogen) atoms. The number of anilines is 6. The van der Waals surface area contributed by atoms with Crippen molar-refractivity contribution in [3.8, 4) is 11.4 Å². The van der Waals surface area contributed by atoms with Crippen molar-refractivity contribution in [1.29, 1.82) is 0 Å². The second-order valence-corrected chi connectivity index (χ2v) is 10.9. The van der Waals surface area contributed by atoms with Crippen LogP contribution in [0.3, 0.4) is 0 Å². The molecule has 0 fully saturated rings. The van der Waals surface area contributed by atoms with Gasteiger partial charge in [-0.2, -0.15) is 0 Å². The van der Waals surface area contributed by atoms with Crippen LogP contribution in [-0.2, 0) is 6.42 Å². The zero-order valence-electron chi connectivity index (χ0n) is 19.9. The van der Waals surface area contributed by atoms with Gasteiger partial charge in [0.1, 0.15) is 11.4 Å². The molecule has 0 atom stereocenters. The van der Waals surface area contributed by atoms with Crippen molar-refractivity contribution in [3.05, 3.63) is 131 Å². The summed E-state index contributed by atoms with van der Waals surface area (Å²) in [6.45, 7) is 0. The highest BCUT2D eigenvalue weighted by Gasteiger charge is 2.31. The van der Waals surface area contributed by atoms with Gasteiger partial charge in [0.2, 0.25) is 0 Å². The average molecular weight is 515 g/mol. The number of hydrogen-bond acceptors (Lipinski definition) is 6. The van der Waals surface area contributed by atoms with Gasteiger partial charge in [-0.1, -0.05) is 72.8 Å². The van der Waals surface area contributed by atoms with Crippen LogP contribution in [0.5, 0.6) is 0 Å². The van der Waals surface area contributed by atoms with Crippen LogP contribution in [0.2, 0.25) is 0 Å². The van der Waals surface area contributed by atoms with E-state index >= 15 is 0 Å². The summed E-state index contributed by atoms with van der Waals surface area (Å²) in [6.07, 6.45) is 0.870. The molecular formula is C31H22N4S2. The number of benzene rings is 4. The fourth-order valence-electron chi connectivity index (χ4n) is 4.67. The number of fused-ring (bicyclic) bond motifs is 3. The van der Waals surface area contributed by atoms with Crippen LogP contribution in [0.4, 0.5) is 33.0 Å². The highest BCUT2D eigenvalue weighted by atomic mass is 32.1. The van der Waals surface area contributed by atoms with Crippen LogP contribution in [0, 0.1) is 0 Å². The fraction of sp³-hybridized carbons (Fsp3) is 0.0323. The first-order valence-electron chi connectivity index (χ1n) is 12.2. The molecule has 2 heterocycles. The van der Waals surface area contributed by atoms with Gasteiger partial charge in [0.05, 0.1) is 0 Å². The number of rotatable bonds is 6. The van der Waals surface area contributed by atoms with Crippen LogP contribution < -0.4 is 9.80 Å². The zero-order chi connectivity index (χ0) is 24.6. The minimum atomic E-state index is 0.870. The highest BCUT2D eigenvalue weighted by molar-refractivity contribution is 7.18. The summed E-state index contributed by atoms with van der Waals surface area (Å²) in [6, 6.07) is 41.8. The highest BCUT2D eigenvalue weighted by Crippen LogP contribution is 2.49. The monoisotopic (exact) mass is 514 g/mol. The van der Waals surface area contributed by atoms with E-state index in [1.165, 1.54) is 9.75 Å². The molecule has 0 spiro atoms. The second kappa shape index (κ2) is 9.32. The predicted octanol–water partition coefficient (Wildman–Crippen LogP) is 9.11. The first-order valence-corrected chi connectivity index (χ1v) is 13.8. The summed E-state index contributed by atoms with van der Waals surface area (Å²) < 4.78 is 0. The molecule has 0 bridgehead atoms. The molecule has 2 aromatic heterocycles. The summed E-state index contributed by atoms with van der Waals surface area (Å²) in [7, 11) is 0. The van der Waals surface area contributed by atoms with E-state index < -0.39 is 0 Å². The van der Waals surface area contributed by atoms with Gasteiger partial charge in [-0.15, -0.1) is 22.7 Å². The van der Waals surface area contributed by atoms with E-state index in [2.05, 4.69) is 107 Å². The van der Waals surface area contributed by atoms with Crippen LogP contribution in [0.25, 0.3) is 11.4 Å². The third-order valence-electron chi connectivity index (χ3n) is 6.36. The van der Waals surface area contributed by atoms with E-state index in [1.807, 2.05) is 24.3 Å². The molecule has 1 aliphatic carbocycles. The Morgan fingerprint density at radius 3 is 1.03 bits per heavy atom. The lowest BCUT2D eigenvalue weighted by Crippen LogP contribution is -2.09. The number of aromatic nitrogens is 2. The predicted molar refractivity (Wildman–Crippen MR) is 155 cm³/mol.